The number of fused-ring (bicyclic) bond motifs is 1. The summed E-state index contributed by atoms with van der Waals surface area (Å²) in [5.41, 5.74) is 4.18. The minimum atomic E-state index is -1.30. The molecule has 1 aromatic heterocycles. The zero-order chi connectivity index (χ0) is 35.3. The van der Waals surface area contributed by atoms with Crippen LogP contribution in [0.2, 0.25) is 30.7 Å². The highest BCUT2D eigenvalue weighted by molar-refractivity contribution is 6.76. The van der Waals surface area contributed by atoms with Crippen LogP contribution in [-0.4, -0.2) is 53.9 Å². The molecule has 1 atom stereocenters. The van der Waals surface area contributed by atoms with E-state index in [0.717, 1.165) is 35.6 Å². The third-order valence-corrected chi connectivity index (χ3v) is 10.6. The highest BCUT2D eigenvalue weighted by atomic mass is 35.5. The van der Waals surface area contributed by atoms with E-state index in [0.29, 0.717) is 42.2 Å². The molecule has 1 aliphatic rings. The normalized spacial score (nSPS) is 15.0. The molecule has 1 amide bonds. The van der Waals surface area contributed by atoms with E-state index in [-0.39, 0.29) is 36.5 Å². The number of carbonyl (C=O) groups is 1. The molecule has 260 valence electrons. The minimum Gasteiger partial charge on any atom is -0.444 e. The van der Waals surface area contributed by atoms with Gasteiger partial charge < -0.3 is 23.7 Å². The molecule has 1 unspecified atom stereocenters. The summed E-state index contributed by atoms with van der Waals surface area (Å²) in [4.78, 5) is 22.9. The topological polar surface area (TPSA) is 70.2 Å². The van der Waals surface area contributed by atoms with Crippen LogP contribution in [0.4, 0.5) is 14.9 Å². The number of imidazole rings is 1. The molecule has 5 rings (SSSR count). The molecule has 0 radical (unpaired) electrons. The molecule has 8 nitrogen and oxygen atoms in total. The monoisotopic (exact) mass is 704 g/mol. The van der Waals surface area contributed by atoms with Crippen LogP contribution in [0.15, 0.2) is 60.7 Å². The molecular weight excluding hydrogens is 659 g/mol. The first-order valence-electron chi connectivity index (χ1n) is 16.8. The van der Waals surface area contributed by atoms with E-state index in [1.165, 1.54) is 6.07 Å². The standard InChI is InChI=1S/C38H46ClFN4O4Si/c1-38(2,3)48-37(45)43-17-15-28(16-18-43)36(27-13-11-26(12-14-27)29-9-8-10-30(21-29)41-4)47-24-35-42-33-23-32(40)31(39)22-34(33)44(35)25-46-19-20-49(5,6)7/h8-14,21-23,28,36H,15-20,24-25H2,1-3,5-7H3. The molecule has 11 heteroatoms. The van der Waals surface area contributed by atoms with Crippen molar-refractivity contribution in [3.63, 3.8) is 0 Å². The predicted molar refractivity (Wildman–Crippen MR) is 195 cm³/mol. The number of aromatic nitrogens is 2. The number of likely N-dealkylation sites (tertiary alicyclic amines) is 1. The fraction of sp³-hybridized carbons (Fsp3) is 0.447. The van der Waals surface area contributed by atoms with Gasteiger partial charge in [0.1, 0.15) is 30.6 Å². The average Bonchev–Trinajstić information content (AvgIpc) is 3.38. The second-order valence-corrected chi connectivity index (χ2v) is 20.9. The second kappa shape index (κ2) is 15.4. The molecule has 3 aromatic carbocycles. The highest BCUT2D eigenvalue weighted by Crippen LogP contribution is 2.37. The first kappa shape index (κ1) is 36.5. The van der Waals surface area contributed by atoms with Crippen molar-refractivity contribution in [3.05, 3.63) is 94.3 Å². The Hall–Kier alpha value is -3.75. The van der Waals surface area contributed by atoms with E-state index in [1.54, 1.807) is 17.0 Å². The largest absolute Gasteiger partial charge is 0.444 e. The van der Waals surface area contributed by atoms with Crippen molar-refractivity contribution in [2.45, 2.75) is 84.3 Å². The summed E-state index contributed by atoms with van der Waals surface area (Å²) in [6, 6.07) is 19.8. The maximum Gasteiger partial charge on any atom is 0.410 e. The Bertz CT molecular complexity index is 1800. The number of amides is 1. The van der Waals surface area contributed by atoms with Gasteiger partial charge in [0, 0.05) is 33.8 Å². The van der Waals surface area contributed by atoms with Crippen LogP contribution in [0.5, 0.6) is 0 Å². The van der Waals surface area contributed by atoms with Crippen LogP contribution in [0.3, 0.4) is 0 Å². The van der Waals surface area contributed by atoms with Crippen molar-refractivity contribution < 1.29 is 23.4 Å². The quantitative estimate of drug-likeness (QED) is 0.0883. The van der Waals surface area contributed by atoms with Gasteiger partial charge in [-0.1, -0.05) is 73.7 Å². The Morgan fingerprint density at radius 2 is 1.80 bits per heavy atom. The van der Waals surface area contributed by atoms with Gasteiger partial charge in [0.2, 0.25) is 0 Å². The van der Waals surface area contributed by atoms with E-state index in [2.05, 4.69) is 48.8 Å². The molecule has 1 aliphatic heterocycles. The third-order valence-electron chi connectivity index (χ3n) is 8.65. The van der Waals surface area contributed by atoms with Gasteiger partial charge in [-0.2, -0.15) is 0 Å². The van der Waals surface area contributed by atoms with Crippen molar-refractivity contribution in [2.75, 3.05) is 19.7 Å². The van der Waals surface area contributed by atoms with Gasteiger partial charge in [0.15, 0.2) is 5.69 Å². The number of carbonyl (C=O) groups excluding carboxylic acids is 1. The number of piperidine rings is 1. The van der Waals surface area contributed by atoms with Crippen LogP contribution >= 0.6 is 11.6 Å². The Morgan fingerprint density at radius 1 is 1.08 bits per heavy atom. The van der Waals surface area contributed by atoms with E-state index in [9.17, 15) is 9.18 Å². The lowest BCUT2D eigenvalue weighted by atomic mass is 9.86. The van der Waals surface area contributed by atoms with Crippen molar-refractivity contribution >= 4 is 42.5 Å². The zero-order valence-electron chi connectivity index (χ0n) is 29.3. The van der Waals surface area contributed by atoms with Crippen LogP contribution in [-0.2, 0) is 27.5 Å². The molecule has 0 saturated carbocycles. The summed E-state index contributed by atoms with van der Waals surface area (Å²) in [5.74, 6) is 0.212. The van der Waals surface area contributed by atoms with Crippen molar-refractivity contribution in [1.29, 1.82) is 0 Å². The fourth-order valence-electron chi connectivity index (χ4n) is 5.96. The average molecular weight is 705 g/mol. The summed E-state index contributed by atoms with van der Waals surface area (Å²) in [6.07, 6.45) is 0.861. The first-order chi connectivity index (χ1) is 23.2. The van der Waals surface area contributed by atoms with Gasteiger partial charge in [0.25, 0.3) is 0 Å². The fourth-order valence-corrected chi connectivity index (χ4v) is 6.87. The summed E-state index contributed by atoms with van der Waals surface area (Å²) in [5, 5.41) is 0.0277. The lowest BCUT2D eigenvalue weighted by Gasteiger charge is -2.36. The summed E-state index contributed by atoms with van der Waals surface area (Å²) < 4.78 is 34.9. The van der Waals surface area contributed by atoms with E-state index >= 15 is 0 Å². The number of rotatable bonds is 11. The second-order valence-electron chi connectivity index (χ2n) is 14.9. The number of halogens is 2. The number of ether oxygens (including phenoxy) is 3. The molecule has 0 bridgehead atoms. The minimum absolute atomic E-state index is 0.0277. The van der Waals surface area contributed by atoms with Gasteiger partial charge in [-0.15, -0.1) is 0 Å². The van der Waals surface area contributed by atoms with Crippen molar-refractivity contribution in [1.82, 2.24) is 14.5 Å². The van der Waals surface area contributed by atoms with Gasteiger partial charge in [-0.3, -0.25) is 0 Å². The zero-order valence-corrected chi connectivity index (χ0v) is 31.0. The molecular formula is C38H46ClFN4O4Si. The maximum atomic E-state index is 14.5. The Kier molecular flexibility index (Phi) is 11.5. The molecule has 2 heterocycles. The smallest absolute Gasteiger partial charge is 0.410 e. The van der Waals surface area contributed by atoms with E-state index in [4.69, 9.17) is 37.4 Å². The van der Waals surface area contributed by atoms with Crippen LogP contribution in [0.1, 0.15) is 51.1 Å². The lowest BCUT2D eigenvalue weighted by molar-refractivity contribution is -0.0315. The predicted octanol–water partition coefficient (Wildman–Crippen LogP) is 10.3. The van der Waals surface area contributed by atoms with Gasteiger partial charge in [-0.25, -0.2) is 19.0 Å². The third kappa shape index (κ3) is 9.70. The van der Waals surface area contributed by atoms with Crippen LogP contribution < -0.4 is 0 Å². The number of nitrogens with zero attached hydrogens (tertiary/aromatic N) is 4. The number of benzene rings is 3. The summed E-state index contributed by atoms with van der Waals surface area (Å²) in [6.45, 7) is 22.1. The van der Waals surface area contributed by atoms with Gasteiger partial charge in [-0.05, 0) is 74.4 Å². The lowest BCUT2D eigenvalue weighted by Crippen LogP contribution is -2.42. The van der Waals surface area contributed by atoms with Crippen molar-refractivity contribution in [2.24, 2.45) is 5.92 Å². The molecule has 49 heavy (non-hydrogen) atoms. The highest BCUT2D eigenvalue weighted by Gasteiger charge is 2.32. The number of hydrogen-bond donors (Lipinski definition) is 0. The number of hydrogen-bond acceptors (Lipinski definition) is 5. The Labute approximate surface area is 295 Å². The summed E-state index contributed by atoms with van der Waals surface area (Å²) in [7, 11) is -1.30. The SMILES string of the molecule is [C-]#[N+]c1cccc(-c2ccc(C(OCc3nc4cc(F)c(Cl)cc4n3COCC[Si](C)(C)C)C3CCN(C(=O)OC(C)(C)C)CC3)cc2)c1. The molecule has 0 N–H and O–H groups in total. The van der Waals surface area contributed by atoms with Crippen LogP contribution in [0.25, 0.3) is 27.0 Å². The molecule has 1 fully saturated rings. The molecule has 4 aromatic rings. The van der Waals surface area contributed by atoms with Gasteiger partial charge >= 0.3 is 6.09 Å². The van der Waals surface area contributed by atoms with Crippen LogP contribution in [0, 0.1) is 18.3 Å². The Balaban J connectivity index is 1.41. The Morgan fingerprint density at radius 3 is 2.45 bits per heavy atom. The first-order valence-corrected chi connectivity index (χ1v) is 20.9. The van der Waals surface area contributed by atoms with E-state index < -0.39 is 19.5 Å². The molecule has 0 spiro atoms. The van der Waals surface area contributed by atoms with Gasteiger partial charge in [0.05, 0.1) is 28.7 Å². The maximum absolute atomic E-state index is 14.5. The van der Waals surface area contributed by atoms with Crippen molar-refractivity contribution in [3.8, 4) is 11.1 Å². The van der Waals surface area contributed by atoms with E-state index in [1.807, 2.05) is 43.5 Å². The molecule has 1 saturated heterocycles. The molecule has 0 aliphatic carbocycles. The summed E-state index contributed by atoms with van der Waals surface area (Å²) >= 11 is 6.21.